The van der Waals surface area contributed by atoms with Crippen molar-refractivity contribution < 1.29 is 9.18 Å². The number of hydrogen-bond donors (Lipinski definition) is 1. The summed E-state index contributed by atoms with van der Waals surface area (Å²) in [5.41, 5.74) is 0.523. The van der Waals surface area contributed by atoms with Gasteiger partial charge in [0.25, 0.3) is 5.91 Å². The first kappa shape index (κ1) is 21.2. The molecule has 1 N–H and O–H groups in total. The fraction of sp³-hybridized carbons (Fsp3) is 0.115. The number of carbonyl (C=O) groups is 1. The summed E-state index contributed by atoms with van der Waals surface area (Å²) >= 11 is 0. The Labute approximate surface area is 185 Å². The second-order valence-corrected chi connectivity index (χ2v) is 7.67. The summed E-state index contributed by atoms with van der Waals surface area (Å²) in [5, 5.41) is 7.21. The average molecular weight is 427 g/mol. The van der Waals surface area contributed by atoms with E-state index in [1.165, 1.54) is 16.8 Å². The molecular formula is C26H22FN3O2. The molecule has 4 rings (SSSR count). The third-order valence-corrected chi connectivity index (χ3v) is 5.47. The van der Waals surface area contributed by atoms with E-state index < -0.39 is 22.7 Å². The Hall–Kier alpha value is -4.06. The monoisotopic (exact) mass is 427 g/mol. The molecule has 0 aliphatic rings. The van der Waals surface area contributed by atoms with Crippen molar-refractivity contribution in [1.82, 2.24) is 15.1 Å². The first-order valence-electron chi connectivity index (χ1n) is 10.2. The molecule has 6 heteroatoms. The summed E-state index contributed by atoms with van der Waals surface area (Å²) in [6.07, 6.45) is 0. The van der Waals surface area contributed by atoms with E-state index in [1.54, 1.807) is 25.1 Å². The predicted molar refractivity (Wildman–Crippen MR) is 121 cm³/mol. The molecular weight excluding hydrogens is 405 g/mol. The highest BCUT2D eigenvalue weighted by molar-refractivity contribution is 5.93. The smallest absolute Gasteiger partial charge is 0.276 e. The van der Waals surface area contributed by atoms with Crippen LogP contribution in [0.2, 0.25) is 0 Å². The lowest BCUT2D eigenvalue weighted by Gasteiger charge is -2.32. The normalized spacial score (nSPS) is 11.2. The highest BCUT2D eigenvalue weighted by Gasteiger charge is 2.32. The van der Waals surface area contributed by atoms with Gasteiger partial charge >= 0.3 is 0 Å². The lowest BCUT2D eigenvalue weighted by molar-refractivity contribution is 0.0910. The molecule has 0 aliphatic heterocycles. The number of nitrogens with zero attached hydrogens (tertiary/aromatic N) is 2. The van der Waals surface area contributed by atoms with E-state index in [0.717, 1.165) is 11.1 Å². The molecule has 0 bridgehead atoms. The highest BCUT2D eigenvalue weighted by Crippen LogP contribution is 2.29. The molecule has 3 aromatic carbocycles. The van der Waals surface area contributed by atoms with E-state index in [0.29, 0.717) is 5.69 Å². The molecule has 32 heavy (non-hydrogen) atoms. The summed E-state index contributed by atoms with van der Waals surface area (Å²) in [4.78, 5) is 26.0. The van der Waals surface area contributed by atoms with Crippen molar-refractivity contribution in [1.29, 1.82) is 0 Å². The maximum atomic E-state index is 14.4. The van der Waals surface area contributed by atoms with E-state index >= 15 is 0 Å². The van der Waals surface area contributed by atoms with Crippen molar-refractivity contribution in [2.45, 2.75) is 19.4 Å². The van der Waals surface area contributed by atoms with Gasteiger partial charge in [-0.25, -0.2) is 9.07 Å². The molecule has 1 aromatic heterocycles. The molecule has 0 fully saturated rings. The maximum absolute atomic E-state index is 14.4. The Morgan fingerprint density at radius 3 is 2.00 bits per heavy atom. The van der Waals surface area contributed by atoms with Crippen molar-refractivity contribution in [2.75, 3.05) is 0 Å². The molecule has 0 saturated heterocycles. The van der Waals surface area contributed by atoms with Crippen LogP contribution in [0.15, 0.2) is 95.8 Å². The molecule has 0 radical (unpaired) electrons. The lowest BCUT2D eigenvalue weighted by Crippen LogP contribution is -2.46. The zero-order valence-corrected chi connectivity index (χ0v) is 17.7. The van der Waals surface area contributed by atoms with Gasteiger partial charge in [0.1, 0.15) is 11.5 Å². The number of aryl methyl sites for hydroxylation is 1. The van der Waals surface area contributed by atoms with Crippen LogP contribution in [0.4, 0.5) is 4.39 Å². The molecule has 1 heterocycles. The minimum Gasteiger partial charge on any atom is -0.337 e. The number of aromatic nitrogens is 2. The Morgan fingerprint density at radius 2 is 1.44 bits per heavy atom. The largest absolute Gasteiger partial charge is 0.337 e. The van der Waals surface area contributed by atoms with Crippen molar-refractivity contribution in [3.8, 4) is 5.69 Å². The van der Waals surface area contributed by atoms with Crippen molar-refractivity contribution >= 4 is 5.91 Å². The summed E-state index contributed by atoms with van der Waals surface area (Å²) in [6.45, 7) is 3.51. The maximum Gasteiger partial charge on any atom is 0.276 e. The Balaban J connectivity index is 1.79. The summed E-state index contributed by atoms with van der Waals surface area (Å²) in [7, 11) is 0. The summed E-state index contributed by atoms with van der Waals surface area (Å²) in [6, 6.07) is 26.3. The Morgan fingerprint density at radius 1 is 0.906 bits per heavy atom. The topological polar surface area (TPSA) is 64.0 Å². The van der Waals surface area contributed by atoms with Gasteiger partial charge in [-0.2, -0.15) is 5.10 Å². The number of benzene rings is 3. The van der Waals surface area contributed by atoms with Crippen LogP contribution in [-0.4, -0.2) is 15.7 Å². The molecule has 0 aliphatic carbocycles. The van der Waals surface area contributed by atoms with Crippen molar-refractivity contribution in [3.63, 3.8) is 0 Å². The first-order chi connectivity index (χ1) is 15.4. The standard InChI is InChI=1S/C26H22FN3O2/c1-18-17-23(31)24(29-30(18)22-16-10-9-15-21(22)27)25(32)28-26(2,19-11-5-3-6-12-19)20-13-7-4-8-14-20/h3-17H,1-2H3,(H,28,32). The first-order valence-corrected chi connectivity index (χ1v) is 10.2. The summed E-state index contributed by atoms with van der Waals surface area (Å²) < 4.78 is 15.6. The fourth-order valence-electron chi connectivity index (χ4n) is 3.71. The highest BCUT2D eigenvalue weighted by atomic mass is 19.1. The number of nitrogens with one attached hydrogen (secondary N) is 1. The van der Waals surface area contributed by atoms with Gasteiger partial charge in [-0.3, -0.25) is 9.59 Å². The minimum atomic E-state index is -0.915. The van der Waals surface area contributed by atoms with Crippen LogP contribution in [0.1, 0.15) is 34.2 Å². The van der Waals surface area contributed by atoms with Gasteiger partial charge in [0, 0.05) is 11.8 Å². The SMILES string of the molecule is Cc1cc(=O)c(C(=O)NC(C)(c2ccccc2)c2ccccc2)nn1-c1ccccc1F. The quantitative estimate of drug-likeness (QED) is 0.514. The summed E-state index contributed by atoms with van der Waals surface area (Å²) in [5.74, 6) is -1.15. The molecule has 4 aromatic rings. The fourth-order valence-corrected chi connectivity index (χ4v) is 3.71. The number of carbonyl (C=O) groups excluding carboxylic acids is 1. The molecule has 0 saturated carbocycles. The van der Waals surface area contributed by atoms with Crippen molar-refractivity contribution in [3.05, 3.63) is 130 Å². The van der Waals surface area contributed by atoms with Crippen LogP contribution < -0.4 is 10.7 Å². The van der Waals surface area contributed by atoms with Crippen LogP contribution in [0.3, 0.4) is 0 Å². The number of hydrogen-bond acceptors (Lipinski definition) is 3. The van der Waals surface area contributed by atoms with Crippen LogP contribution in [-0.2, 0) is 5.54 Å². The van der Waals surface area contributed by atoms with Crippen LogP contribution >= 0.6 is 0 Å². The van der Waals surface area contributed by atoms with E-state index in [1.807, 2.05) is 67.6 Å². The van der Waals surface area contributed by atoms with E-state index in [4.69, 9.17) is 0 Å². The predicted octanol–water partition coefficient (Wildman–Crippen LogP) is 4.37. The van der Waals surface area contributed by atoms with E-state index in [9.17, 15) is 14.0 Å². The number of halogens is 1. The Kier molecular flexibility index (Phi) is 5.69. The molecule has 160 valence electrons. The van der Waals surface area contributed by atoms with Gasteiger partial charge in [-0.05, 0) is 37.1 Å². The second-order valence-electron chi connectivity index (χ2n) is 7.67. The molecule has 0 atom stereocenters. The number of para-hydroxylation sites is 1. The van der Waals surface area contributed by atoms with Crippen molar-refractivity contribution in [2.24, 2.45) is 0 Å². The van der Waals surface area contributed by atoms with Gasteiger partial charge in [0.2, 0.25) is 5.43 Å². The van der Waals surface area contributed by atoms with Crippen LogP contribution in [0.5, 0.6) is 0 Å². The van der Waals surface area contributed by atoms with E-state index in [-0.39, 0.29) is 11.4 Å². The third-order valence-electron chi connectivity index (χ3n) is 5.47. The van der Waals surface area contributed by atoms with Gasteiger partial charge in [-0.15, -0.1) is 0 Å². The van der Waals surface area contributed by atoms with Crippen LogP contribution in [0.25, 0.3) is 5.69 Å². The van der Waals surface area contributed by atoms with Gasteiger partial charge < -0.3 is 5.32 Å². The zero-order valence-electron chi connectivity index (χ0n) is 17.7. The molecule has 1 amide bonds. The van der Waals surface area contributed by atoms with Crippen LogP contribution in [0, 0.1) is 12.7 Å². The number of rotatable bonds is 5. The average Bonchev–Trinajstić information content (AvgIpc) is 2.81. The third kappa shape index (κ3) is 3.95. The zero-order chi connectivity index (χ0) is 22.7. The van der Waals surface area contributed by atoms with Gasteiger partial charge in [-0.1, -0.05) is 72.8 Å². The second kappa shape index (κ2) is 8.59. The molecule has 0 spiro atoms. The minimum absolute atomic E-state index is 0.160. The molecule has 0 unspecified atom stereocenters. The Bertz CT molecular complexity index is 1280. The lowest BCUT2D eigenvalue weighted by atomic mass is 9.84. The molecule has 5 nitrogen and oxygen atoms in total. The van der Waals surface area contributed by atoms with E-state index in [2.05, 4.69) is 10.4 Å². The number of amides is 1. The van der Waals surface area contributed by atoms with Gasteiger partial charge in [0.05, 0.1) is 5.54 Å². The van der Waals surface area contributed by atoms with Gasteiger partial charge in [0.15, 0.2) is 5.69 Å².